The van der Waals surface area contributed by atoms with Crippen LogP contribution in [0.3, 0.4) is 0 Å². The first-order valence-corrected chi connectivity index (χ1v) is 22.5. The van der Waals surface area contributed by atoms with Gasteiger partial charge >= 0.3 is 0 Å². The van der Waals surface area contributed by atoms with Gasteiger partial charge in [-0.1, -0.05) is 117 Å². The lowest BCUT2D eigenvalue weighted by Crippen LogP contribution is -2.26. The fourth-order valence-electron chi connectivity index (χ4n) is 9.57. The summed E-state index contributed by atoms with van der Waals surface area (Å²) in [5, 5.41) is 0. The molecule has 0 saturated carbocycles. The molecule has 2 N–H and O–H groups in total. The molecule has 5 heterocycles. The van der Waals surface area contributed by atoms with Gasteiger partial charge < -0.3 is 9.97 Å². The molecule has 4 nitrogen and oxygen atoms in total. The average molecular weight is 803 g/mol. The van der Waals surface area contributed by atoms with E-state index in [2.05, 4.69) is 107 Å². The smallest absolute Gasteiger partial charge is 0.0689 e. The minimum atomic E-state index is 0.217. The number of aromatic amines is 2. The van der Waals surface area contributed by atoms with E-state index in [4.69, 9.17) is 9.98 Å². The van der Waals surface area contributed by atoms with Crippen molar-refractivity contribution in [3.8, 4) is 0 Å². The standard InChI is InChI=1S/C46H67IN4/c1-10-19-20-21-24-37-43-33(15-6)29(11-2)39(48-43)27-41-31(13-4)35(17-8)45(50-41)38(25-22-23-26-47)46-36(18-9)32(14-5)42(51-46)28-40-30(12-3)34(16-7)44(37)49-40/h27-28,37-38,50-51H,10-26H2,1-9H3/b39-27-,40-28?. The second-order valence-corrected chi connectivity index (χ2v) is 15.8. The molecular weight excluding hydrogens is 735 g/mol. The molecule has 0 saturated heterocycles. The maximum absolute atomic E-state index is 5.70. The molecular formula is C46H67IN4. The van der Waals surface area contributed by atoms with Gasteiger partial charge in [0.25, 0.3) is 0 Å². The van der Waals surface area contributed by atoms with Gasteiger partial charge in [-0.05, 0) is 132 Å². The molecule has 0 aromatic carbocycles. The summed E-state index contributed by atoms with van der Waals surface area (Å²) >= 11 is 2.55. The van der Waals surface area contributed by atoms with Crippen LogP contribution in [-0.2, 0) is 25.7 Å². The minimum Gasteiger partial charge on any atom is -0.358 e. The van der Waals surface area contributed by atoms with Crippen molar-refractivity contribution in [1.29, 1.82) is 0 Å². The van der Waals surface area contributed by atoms with Crippen molar-refractivity contribution in [1.82, 2.24) is 9.97 Å². The monoisotopic (exact) mass is 802 g/mol. The van der Waals surface area contributed by atoms with E-state index in [1.807, 2.05) is 0 Å². The highest BCUT2D eigenvalue weighted by Crippen LogP contribution is 2.44. The van der Waals surface area contributed by atoms with Crippen LogP contribution in [0, 0.1) is 5.92 Å². The number of H-pyrrole nitrogens is 2. The predicted octanol–water partition coefficient (Wildman–Crippen LogP) is 13.8. The number of aliphatic imine (C=N–C) groups is 2. The molecule has 0 amide bonds. The van der Waals surface area contributed by atoms with Gasteiger partial charge in [0.15, 0.2) is 0 Å². The molecule has 0 fully saturated rings. The first kappa shape index (κ1) is 39.8. The highest BCUT2D eigenvalue weighted by atomic mass is 127. The van der Waals surface area contributed by atoms with Gasteiger partial charge in [0.2, 0.25) is 0 Å². The fraction of sp³-hybridized carbons (Fsp3) is 0.609. The highest BCUT2D eigenvalue weighted by molar-refractivity contribution is 14.1. The van der Waals surface area contributed by atoms with Gasteiger partial charge in [-0.3, -0.25) is 9.98 Å². The molecule has 2 atom stereocenters. The Morgan fingerprint density at radius 2 is 0.922 bits per heavy atom. The van der Waals surface area contributed by atoms with Crippen LogP contribution in [0.4, 0.5) is 0 Å². The lowest BCUT2D eigenvalue weighted by Gasteiger charge is -2.22. The third-order valence-electron chi connectivity index (χ3n) is 12.0. The predicted molar refractivity (Wildman–Crippen MR) is 232 cm³/mol. The molecule has 0 spiro atoms. The number of hydrogen-bond acceptors (Lipinski definition) is 2. The molecule has 8 bridgehead atoms. The summed E-state index contributed by atoms with van der Waals surface area (Å²) in [5.41, 5.74) is 22.2. The first-order valence-electron chi connectivity index (χ1n) is 21.0. The van der Waals surface area contributed by atoms with Crippen molar-refractivity contribution < 1.29 is 0 Å². The van der Waals surface area contributed by atoms with Crippen molar-refractivity contribution in [2.45, 2.75) is 171 Å². The van der Waals surface area contributed by atoms with E-state index >= 15 is 0 Å². The fourth-order valence-corrected chi connectivity index (χ4v) is 10.1. The van der Waals surface area contributed by atoms with Crippen molar-refractivity contribution in [3.05, 3.63) is 78.7 Å². The van der Waals surface area contributed by atoms with E-state index in [1.54, 1.807) is 0 Å². The zero-order chi connectivity index (χ0) is 36.7. The Labute approximate surface area is 324 Å². The largest absolute Gasteiger partial charge is 0.358 e. The zero-order valence-electron chi connectivity index (χ0n) is 33.6. The topological polar surface area (TPSA) is 56.3 Å². The summed E-state index contributed by atoms with van der Waals surface area (Å²) in [6.45, 7) is 21.1. The van der Waals surface area contributed by atoms with Gasteiger partial charge in [0.1, 0.15) is 0 Å². The normalized spacial score (nSPS) is 19.9. The molecule has 5 heteroatoms. The quantitative estimate of drug-likeness (QED) is 0.0909. The molecule has 0 radical (unpaired) electrons. The maximum atomic E-state index is 5.70. The number of unbranched alkanes of at least 4 members (excludes halogenated alkanes) is 4. The Bertz CT molecular complexity index is 1620. The van der Waals surface area contributed by atoms with Crippen molar-refractivity contribution in [2.75, 3.05) is 4.43 Å². The average Bonchev–Trinajstić information content (AvgIpc) is 3.89. The summed E-state index contributed by atoms with van der Waals surface area (Å²) in [6.07, 6.45) is 22.8. The Morgan fingerprint density at radius 1 is 0.490 bits per heavy atom. The zero-order valence-corrected chi connectivity index (χ0v) is 35.8. The van der Waals surface area contributed by atoms with E-state index < -0.39 is 0 Å². The number of nitrogens with one attached hydrogen (secondary N) is 2. The van der Waals surface area contributed by atoms with E-state index in [0.717, 1.165) is 64.2 Å². The van der Waals surface area contributed by atoms with Gasteiger partial charge in [-0.25, -0.2) is 0 Å². The first-order chi connectivity index (χ1) is 24.9. The van der Waals surface area contributed by atoms with Gasteiger partial charge in [0.05, 0.1) is 22.8 Å². The van der Waals surface area contributed by atoms with Gasteiger partial charge in [-0.15, -0.1) is 0 Å². The third kappa shape index (κ3) is 7.80. The third-order valence-corrected chi connectivity index (χ3v) is 12.7. The van der Waals surface area contributed by atoms with Crippen molar-refractivity contribution >= 4 is 46.2 Å². The highest BCUT2D eigenvalue weighted by Gasteiger charge is 2.36. The summed E-state index contributed by atoms with van der Waals surface area (Å²) in [7, 11) is 0. The number of rotatable bonds is 17. The summed E-state index contributed by atoms with van der Waals surface area (Å²) in [6, 6.07) is 0. The van der Waals surface area contributed by atoms with Crippen LogP contribution in [0.1, 0.15) is 190 Å². The van der Waals surface area contributed by atoms with E-state index in [9.17, 15) is 0 Å². The van der Waals surface area contributed by atoms with E-state index in [1.165, 1.54) is 133 Å². The van der Waals surface area contributed by atoms with E-state index in [-0.39, 0.29) is 5.92 Å². The number of allylic oxidation sites excluding steroid dienone is 4. The molecule has 2 aromatic rings. The van der Waals surface area contributed by atoms with Gasteiger partial charge in [-0.2, -0.15) is 0 Å². The molecule has 51 heavy (non-hydrogen) atoms. The van der Waals surface area contributed by atoms with E-state index in [0.29, 0.717) is 5.92 Å². The Balaban J connectivity index is 1.89. The Hall–Kier alpha value is -2.41. The maximum Gasteiger partial charge on any atom is 0.0689 e. The van der Waals surface area contributed by atoms with Crippen LogP contribution in [-0.4, -0.2) is 25.8 Å². The van der Waals surface area contributed by atoms with Crippen LogP contribution in [0.25, 0.3) is 12.2 Å². The Kier molecular flexibility index (Phi) is 14.5. The lowest BCUT2D eigenvalue weighted by atomic mass is 9.82. The number of alkyl halides is 1. The van der Waals surface area contributed by atoms with Crippen LogP contribution >= 0.6 is 22.6 Å². The van der Waals surface area contributed by atoms with Crippen molar-refractivity contribution in [2.24, 2.45) is 15.9 Å². The SMILES string of the molecule is CCCCCCC1C2=NC(=Cc3[nH]c(c(CC)c3CC)C(CCCCI)c3[nH]c(c(CC)c3CC)/C=C3\N=C1C(CC)=C3CC)C(CC)=C2CC. The van der Waals surface area contributed by atoms with Gasteiger partial charge in [0, 0.05) is 34.6 Å². The Morgan fingerprint density at radius 3 is 1.31 bits per heavy atom. The van der Waals surface area contributed by atoms with Crippen LogP contribution in [0.15, 0.2) is 43.7 Å². The molecule has 5 rings (SSSR count). The molecule has 2 aromatic heterocycles. The summed E-state index contributed by atoms with van der Waals surface area (Å²) in [4.78, 5) is 19.7. The number of fused-ring (bicyclic) bond motifs is 6. The number of nitrogens with zero attached hydrogens (tertiary/aromatic N) is 2. The minimum absolute atomic E-state index is 0.217. The number of halogens is 1. The second-order valence-electron chi connectivity index (χ2n) is 14.8. The number of aromatic nitrogens is 2. The van der Waals surface area contributed by atoms with Crippen molar-refractivity contribution in [3.63, 3.8) is 0 Å². The molecule has 278 valence electrons. The van der Waals surface area contributed by atoms with Crippen LogP contribution in [0.5, 0.6) is 0 Å². The second kappa shape index (κ2) is 18.6. The molecule has 3 aliphatic heterocycles. The molecule has 0 aliphatic carbocycles. The van der Waals surface area contributed by atoms with Crippen LogP contribution in [0.2, 0.25) is 0 Å². The lowest BCUT2D eigenvalue weighted by molar-refractivity contribution is 0.614. The van der Waals surface area contributed by atoms with Crippen LogP contribution < -0.4 is 0 Å². The summed E-state index contributed by atoms with van der Waals surface area (Å²) in [5.74, 6) is 0.521. The molecule has 3 aliphatic rings. The summed E-state index contributed by atoms with van der Waals surface area (Å²) < 4.78 is 1.20. The molecule has 2 unspecified atom stereocenters. The number of hydrogen-bond donors (Lipinski definition) is 2.